The predicted octanol–water partition coefficient (Wildman–Crippen LogP) is 3.24. The Balaban J connectivity index is 1.53. The van der Waals surface area contributed by atoms with Crippen LogP contribution in [0.5, 0.6) is 0 Å². The molecule has 0 bridgehead atoms. The van der Waals surface area contributed by atoms with Gasteiger partial charge in [0.25, 0.3) is 11.8 Å². The molecule has 0 radical (unpaired) electrons. The van der Waals surface area contributed by atoms with Crippen molar-refractivity contribution in [1.82, 2.24) is 15.2 Å². The maximum absolute atomic E-state index is 12.7. The van der Waals surface area contributed by atoms with E-state index in [4.69, 9.17) is 0 Å². The number of pyridine rings is 1. The quantitative estimate of drug-likeness (QED) is 0.920. The van der Waals surface area contributed by atoms with Gasteiger partial charge in [0.15, 0.2) is 0 Å². The smallest absolute Gasteiger partial charge is 0.253 e. The summed E-state index contributed by atoms with van der Waals surface area (Å²) in [6.07, 6.45) is 4.76. The monoisotopic (exact) mass is 351 g/mol. The molecule has 1 fully saturated rings. The fourth-order valence-electron chi connectivity index (χ4n) is 3.19. The van der Waals surface area contributed by atoms with Gasteiger partial charge in [-0.05, 0) is 48.6 Å². The summed E-state index contributed by atoms with van der Waals surface area (Å²) < 4.78 is 0. The molecule has 3 rings (SSSR count). The summed E-state index contributed by atoms with van der Waals surface area (Å²) in [4.78, 5) is 30.7. The number of rotatable bonds is 4. The highest BCUT2D eigenvalue weighted by Gasteiger charge is 2.24. The number of carbonyl (C=O) groups excluding carboxylic acids is 2. The van der Waals surface area contributed by atoms with Gasteiger partial charge in [0.05, 0.1) is 0 Å². The van der Waals surface area contributed by atoms with Crippen LogP contribution >= 0.6 is 0 Å². The highest BCUT2D eigenvalue weighted by Crippen LogP contribution is 2.18. The Morgan fingerprint density at radius 1 is 1.00 bits per heavy atom. The van der Waals surface area contributed by atoms with Crippen LogP contribution in [0.15, 0.2) is 48.8 Å². The summed E-state index contributed by atoms with van der Waals surface area (Å²) in [5, 5.41) is 3.05. The van der Waals surface area contributed by atoms with Crippen LogP contribution in [0.2, 0.25) is 0 Å². The molecule has 1 aromatic heterocycles. The Hall–Kier alpha value is -2.69. The van der Waals surface area contributed by atoms with Crippen LogP contribution in [-0.4, -0.2) is 40.8 Å². The van der Waals surface area contributed by atoms with Crippen molar-refractivity contribution in [3.63, 3.8) is 0 Å². The molecule has 2 amide bonds. The van der Waals surface area contributed by atoms with Crippen molar-refractivity contribution >= 4 is 11.8 Å². The first-order valence-corrected chi connectivity index (χ1v) is 9.14. The Morgan fingerprint density at radius 3 is 2.19 bits per heavy atom. The lowest BCUT2D eigenvalue weighted by atomic mass is 10.00. The number of amides is 2. The average molecular weight is 351 g/mol. The highest BCUT2D eigenvalue weighted by atomic mass is 16.2. The van der Waals surface area contributed by atoms with Gasteiger partial charge in [-0.2, -0.15) is 0 Å². The molecule has 5 heteroatoms. The minimum atomic E-state index is -0.0820. The second-order valence-electron chi connectivity index (χ2n) is 7.05. The maximum atomic E-state index is 12.7. The van der Waals surface area contributed by atoms with Gasteiger partial charge in [0.2, 0.25) is 0 Å². The van der Waals surface area contributed by atoms with Gasteiger partial charge < -0.3 is 10.2 Å². The lowest BCUT2D eigenvalue weighted by Crippen LogP contribution is -2.46. The van der Waals surface area contributed by atoms with Crippen LogP contribution in [0.1, 0.15) is 58.9 Å². The van der Waals surface area contributed by atoms with Crippen molar-refractivity contribution in [2.75, 3.05) is 13.1 Å². The van der Waals surface area contributed by atoms with Crippen molar-refractivity contribution in [2.24, 2.45) is 0 Å². The standard InChI is InChI=1S/C21H25N3O2/c1-15(2)16-3-5-18(6-4-16)21(26)24-13-9-19(10-14-24)23-20(25)17-7-11-22-12-8-17/h3-8,11-12,15,19H,9-10,13-14H2,1-2H3,(H,23,25). The molecular formula is C21H25N3O2. The Kier molecular flexibility index (Phi) is 5.66. The number of carbonyl (C=O) groups is 2. The Labute approximate surface area is 154 Å². The third-order valence-electron chi connectivity index (χ3n) is 4.88. The van der Waals surface area contributed by atoms with E-state index >= 15 is 0 Å². The van der Waals surface area contributed by atoms with Gasteiger partial charge in [-0.15, -0.1) is 0 Å². The van der Waals surface area contributed by atoms with Crippen LogP contribution in [0.25, 0.3) is 0 Å². The summed E-state index contributed by atoms with van der Waals surface area (Å²) in [7, 11) is 0. The van der Waals surface area contributed by atoms with Crippen LogP contribution in [0.3, 0.4) is 0 Å². The van der Waals surface area contributed by atoms with Crippen molar-refractivity contribution in [3.8, 4) is 0 Å². The first kappa shape index (κ1) is 18.1. The molecule has 26 heavy (non-hydrogen) atoms. The Bertz CT molecular complexity index is 749. The molecule has 1 N–H and O–H groups in total. The number of aromatic nitrogens is 1. The summed E-state index contributed by atoms with van der Waals surface area (Å²) >= 11 is 0. The van der Waals surface area contributed by atoms with Crippen LogP contribution in [0.4, 0.5) is 0 Å². The van der Waals surface area contributed by atoms with Gasteiger partial charge in [0.1, 0.15) is 0 Å². The number of benzene rings is 1. The van der Waals surface area contributed by atoms with E-state index in [1.807, 2.05) is 29.2 Å². The van der Waals surface area contributed by atoms with Crippen molar-refractivity contribution in [2.45, 2.75) is 38.6 Å². The van der Waals surface area contributed by atoms with Gasteiger partial charge in [0, 0.05) is 42.7 Å². The molecule has 0 unspecified atom stereocenters. The van der Waals surface area contributed by atoms with Crippen LogP contribution < -0.4 is 5.32 Å². The van der Waals surface area contributed by atoms with E-state index in [1.165, 1.54) is 5.56 Å². The summed E-state index contributed by atoms with van der Waals surface area (Å²) in [6, 6.07) is 11.4. The minimum absolute atomic E-state index is 0.0687. The molecule has 1 aliphatic heterocycles. The van der Waals surface area contributed by atoms with E-state index in [-0.39, 0.29) is 17.9 Å². The average Bonchev–Trinajstić information content (AvgIpc) is 2.69. The minimum Gasteiger partial charge on any atom is -0.349 e. The molecular weight excluding hydrogens is 326 g/mol. The first-order chi connectivity index (χ1) is 12.5. The van der Waals surface area contributed by atoms with E-state index in [1.54, 1.807) is 24.5 Å². The predicted molar refractivity (Wildman–Crippen MR) is 101 cm³/mol. The van der Waals surface area contributed by atoms with Crippen LogP contribution in [-0.2, 0) is 0 Å². The third-order valence-corrected chi connectivity index (χ3v) is 4.88. The van der Waals surface area contributed by atoms with E-state index < -0.39 is 0 Å². The Morgan fingerprint density at radius 2 is 1.62 bits per heavy atom. The molecule has 2 aromatic rings. The molecule has 0 aliphatic carbocycles. The normalized spacial score (nSPS) is 15.1. The second-order valence-corrected chi connectivity index (χ2v) is 7.05. The zero-order valence-corrected chi connectivity index (χ0v) is 15.3. The summed E-state index contributed by atoms with van der Waals surface area (Å²) in [5.74, 6) is 0.444. The summed E-state index contributed by atoms with van der Waals surface area (Å²) in [5.41, 5.74) is 2.58. The van der Waals surface area contributed by atoms with Crippen molar-refractivity contribution in [3.05, 3.63) is 65.5 Å². The van der Waals surface area contributed by atoms with Crippen molar-refractivity contribution in [1.29, 1.82) is 0 Å². The molecule has 1 aromatic carbocycles. The number of piperidine rings is 1. The van der Waals surface area contributed by atoms with Gasteiger partial charge >= 0.3 is 0 Å². The SMILES string of the molecule is CC(C)c1ccc(C(=O)N2CCC(NC(=O)c3ccncc3)CC2)cc1. The van der Waals surface area contributed by atoms with Crippen LogP contribution in [0, 0.1) is 0 Å². The number of nitrogens with zero attached hydrogens (tertiary/aromatic N) is 2. The molecule has 1 saturated heterocycles. The zero-order valence-electron chi connectivity index (χ0n) is 15.3. The fraction of sp³-hybridized carbons (Fsp3) is 0.381. The fourth-order valence-corrected chi connectivity index (χ4v) is 3.19. The molecule has 136 valence electrons. The molecule has 0 saturated carbocycles. The number of hydrogen-bond donors (Lipinski definition) is 1. The molecule has 1 aliphatic rings. The zero-order chi connectivity index (χ0) is 18.5. The number of likely N-dealkylation sites (tertiary alicyclic amines) is 1. The first-order valence-electron chi connectivity index (χ1n) is 9.14. The second kappa shape index (κ2) is 8.13. The van der Waals surface area contributed by atoms with E-state index in [2.05, 4.69) is 24.1 Å². The maximum Gasteiger partial charge on any atom is 0.253 e. The van der Waals surface area contributed by atoms with E-state index in [9.17, 15) is 9.59 Å². The topological polar surface area (TPSA) is 62.3 Å². The summed E-state index contributed by atoms with van der Waals surface area (Å²) in [6.45, 7) is 5.60. The lowest BCUT2D eigenvalue weighted by Gasteiger charge is -2.32. The van der Waals surface area contributed by atoms with Gasteiger partial charge in [-0.25, -0.2) is 0 Å². The highest BCUT2D eigenvalue weighted by molar-refractivity contribution is 5.95. The third kappa shape index (κ3) is 4.28. The molecule has 5 nitrogen and oxygen atoms in total. The van der Waals surface area contributed by atoms with E-state index in [0.717, 1.165) is 18.4 Å². The number of nitrogens with one attached hydrogen (secondary N) is 1. The van der Waals surface area contributed by atoms with E-state index in [0.29, 0.717) is 24.6 Å². The molecule has 0 atom stereocenters. The van der Waals surface area contributed by atoms with Crippen molar-refractivity contribution < 1.29 is 9.59 Å². The molecule has 0 spiro atoms. The van der Waals surface area contributed by atoms with Gasteiger partial charge in [-0.1, -0.05) is 26.0 Å². The van der Waals surface area contributed by atoms with Gasteiger partial charge in [-0.3, -0.25) is 14.6 Å². The lowest BCUT2D eigenvalue weighted by molar-refractivity contribution is 0.0698. The largest absolute Gasteiger partial charge is 0.349 e. The number of hydrogen-bond acceptors (Lipinski definition) is 3. The molecule has 2 heterocycles.